The van der Waals surface area contributed by atoms with Crippen LogP contribution in [-0.4, -0.2) is 66.9 Å². The van der Waals surface area contributed by atoms with Crippen molar-refractivity contribution in [1.29, 1.82) is 0 Å². The van der Waals surface area contributed by atoms with Crippen LogP contribution in [0.2, 0.25) is 0 Å². The van der Waals surface area contributed by atoms with Crippen LogP contribution in [-0.2, 0) is 12.8 Å². The van der Waals surface area contributed by atoms with Gasteiger partial charge in [0.25, 0.3) is 0 Å². The summed E-state index contributed by atoms with van der Waals surface area (Å²) < 4.78 is 0. The minimum Gasteiger partial charge on any atom is -0.505 e. The second-order valence-electron chi connectivity index (χ2n) is 14.3. The first-order valence-electron chi connectivity index (χ1n) is 17.9. The molecule has 56 heavy (non-hydrogen) atoms. The number of hydrogen-bond acceptors (Lipinski definition) is 11. The molecule has 0 fully saturated rings. The summed E-state index contributed by atoms with van der Waals surface area (Å²) in [5.74, 6) is -7.88. The molecule has 2 radical (unpaired) electrons. The minimum absolute atomic E-state index is 0.221. The maximum absolute atomic E-state index is 11.4. The Morgan fingerprint density at radius 2 is 0.750 bits per heavy atom. The highest BCUT2D eigenvalue weighted by atomic mass is 16.4. The Morgan fingerprint density at radius 1 is 0.393 bits per heavy atom. The number of nitrogens with zero attached hydrogens (tertiary/aromatic N) is 2. The van der Waals surface area contributed by atoms with Crippen molar-refractivity contribution in [1.82, 2.24) is 0 Å². The summed E-state index contributed by atoms with van der Waals surface area (Å²) >= 11 is 0. The number of anilines is 4. The minimum atomic E-state index is -1.08. The van der Waals surface area contributed by atoms with E-state index >= 15 is 0 Å². The van der Waals surface area contributed by atoms with Gasteiger partial charge in [-0.1, -0.05) is 60.7 Å². The van der Waals surface area contributed by atoms with E-state index in [0.29, 0.717) is 46.0 Å². The highest BCUT2D eigenvalue weighted by Crippen LogP contribution is 2.59. The van der Waals surface area contributed by atoms with Crippen LogP contribution in [0.15, 0.2) is 84.9 Å². The first-order chi connectivity index (χ1) is 27.0. The summed E-state index contributed by atoms with van der Waals surface area (Å²) in [5.41, 5.74) is 4.79. The number of rotatable bonds is 4. The molecule has 0 bridgehead atoms. The number of hydrogen-bond donors (Lipinski definition) is 9. The van der Waals surface area contributed by atoms with E-state index in [1.165, 1.54) is 0 Å². The van der Waals surface area contributed by atoms with Crippen LogP contribution >= 0.6 is 0 Å². The predicted molar refractivity (Wildman–Crippen MR) is 216 cm³/mol. The Bertz CT molecular complexity index is 2760. The van der Waals surface area contributed by atoms with Crippen LogP contribution in [0.3, 0.4) is 0 Å². The number of para-hydroxylation sites is 2. The van der Waals surface area contributed by atoms with E-state index in [0.717, 1.165) is 46.1 Å². The predicted octanol–water partition coefficient (Wildman–Crippen LogP) is 7.45. The van der Waals surface area contributed by atoms with Crippen molar-refractivity contribution in [2.45, 2.75) is 12.8 Å². The summed E-state index contributed by atoms with van der Waals surface area (Å²) in [5, 5.41) is 103. The molecule has 0 amide bonds. The van der Waals surface area contributed by atoms with Crippen molar-refractivity contribution in [3.05, 3.63) is 96.1 Å². The van der Waals surface area contributed by atoms with Gasteiger partial charge in [-0.05, 0) is 75.6 Å². The third-order valence-electron chi connectivity index (χ3n) is 11.6. The van der Waals surface area contributed by atoms with Gasteiger partial charge in [0, 0.05) is 57.4 Å². The average Bonchev–Trinajstić information content (AvgIpc) is 3.85. The van der Waals surface area contributed by atoms with Crippen molar-refractivity contribution >= 4 is 68.4 Å². The van der Waals surface area contributed by atoms with Gasteiger partial charge >= 0.3 is 0 Å². The zero-order valence-electron chi connectivity index (χ0n) is 29.4. The number of fused-ring (bicyclic) bond motifs is 2. The molecule has 11 nitrogen and oxygen atoms in total. The molecule has 2 aliphatic heterocycles. The highest BCUT2D eigenvalue weighted by molar-refractivity contribution is 6.38. The van der Waals surface area contributed by atoms with Crippen LogP contribution in [0.4, 0.5) is 22.7 Å². The second kappa shape index (κ2) is 11.6. The third-order valence-corrected chi connectivity index (χ3v) is 11.6. The van der Waals surface area contributed by atoms with Gasteiger partial charge in [0.05, 0.1) is 11.1 Å². The van der Waals surface area contributed by atoms with Gasteiger partial charge in [-0.2, -0.15) is 0 Å². The summed E-state index contributed by atoms with van der Waals surface area (Å²) in [6, 6.07) is 26.9. The van der Waals surface area contributed by atoms with Crippen LogP contribution in [0.1, 0.15) is 11.1 Å². The van der Waals surface area contributed by atoms with E-state index in [4.69, 9.17) is 7.85 Å². The number of phenolic OH excluding ortho intramolecular Hbond substituents is 9. The Labute approximate surface area is 319 Å². The molecule has 0 aliphatic carbocycles. The van der Waals surface area contributed by atoms with Crippen LogP contribution < -0.4 is 15.3 Å². The molecule has 8 aromatic rings. The van der Waals surface area contributed by atoms with E-state index in [2.05, 4.69) is 9.80 Å². The Kier molecular flexibility index (Phi) is 6.88. The molecule has 0 spiro atoms. The van der Waals surface area contributed by atoms with Crippen molar-refractivity contribution in [2.75, 3.05) is 22.9 Å². The van der Waals surface area contributed by atoms with Crippen LogP contribution in [0, 0.1) is 0 Å². The van der Waals surface area contributed by atoms with Gasteiger partial charge in [-0.3, -0.25) is 0 Å². The molecule has 0 aromatic heterocycles. The summed E-state index contributed by atoms with van der Waals surface area (Å²) in [4.78, 5) is 4.24. The van der Waals surface area contributed by atoms with E-state index in [1.807, 2.05) is 72.8 Å². The van der Waals surface area contributed by atoms with Gasteiger partial charge in [-0.15, -0.1) is 0 Å². The normalized spacial score (nSPS) is 13.7. The van der Waals surface area contributed by atoms with Gasteiger partial charge in [-0.25, -0.2) is 0 Å². The molecule has 0 saturated carbocycles. The standard InChI is InChI=1S/C44H31BN2O9/c45-35-40(52)36(48)33(37(49)41(35)53)25-17-29(46-15-13-19-5-1-3-7-27(19)46)23-12-10-22-26(34-38(50)42(54)44(56)43(55)39(34)51)18-30(24-11-9-21(25)31(23)32(22)24)47-16-14-20-6-2-4-8-28(20)47/h1-12,17-18,48-56H,13-16H2. The fraction of sp³-hybridized carbons (Fsp3) is 0.0909. The lowest BCUT2D eigenvalue weighted by Gasteiger charge is -2.28. The molecule has 0 unspecified atom stereocenters. The van der Waals surface area contributed by atoms with Crippen molar-refractivity contribution in [2.24, 2.45) is 0 Å². The Morgan fingerprint density at radius 3 is 1.18 bits per heavy atom. The zero-order valence-corrected chi connectivity index (χ0v) is 29.4. The number of aromatic hydroxyl groups is 9. The summed E-state index contributed by atoms with van der Waals surface area (Å²) in [6.45, 7) is 1.17. The molecule has 274 valence electrons. The second-order valence-corrected chi connectivity index (χ2v) is 14.3. The van der Waals surface area contributed by atoms with Gasteiger partial charge in [0.2, 0.25) is 17.2 Å². The van der Waals surface area contributed by atoms with E-state index in [-0.39, 0.29) is 22.3 Å². The third kappa shape index (κ3) is 4.29. The molecule has 12 heteroatoms. The first kappa shape index (κ1) is 33.2. The molecule has 0 atom stereocenters. The molecule has 8 aromatic carbocycles. The van der Waals surface area contributed by atoms with Crippen LogP contribution in [0.5, 0.6) is 51.7 Å². The molecule has 9 N–H and O–H groups in total. The summed E-state index contributed by atoms with van der Waals surface area (Å²) in [7, 11) is 5.86. The maximum atomic E-state index is 11.4. The van der Waals surface area contributed by atoms with Crippen molar-refractivity contribution < 1.29 is 46.0 Å². The maximum Gasteiger partial charge on any atom is 0.208 e. The van der Waals surface area contributed by atoms with E-state index in [9.17, 15) is 46.0 Å². The topological polar surface area (TPSA) is 189 Å². The SMILES string of the molecule is [B]c1c(O)c(O)c(-c2cc(N3CCc4ccccc43)c3ccc4c(-c5c(O)c(O)c(O)c(O)c5O)cc(N5CCc6ccccc65)c5ccc2c3c45)c(O)c1O. The quantitative estimate of drug-likeness (QED) is 0.0377. The fourth-order valence-electron chi connectivity index (χ4n) is 8.90. The van der Waals surface area contributed by atoms with Gasteiger partial charge in [0.1, 0.15) is 7.85 Å². The largest absolute Gasteiger partial charge is 0.505 e. The number of phenols is 9. The lowest BCUT2D eigenvalue weighted by molar-refractivity contribution is 0.330. The smallest absolute Gasteiger partial charge is 0.208 e. The average molecular weight is 743 g/mol. The lowest BCUT2D eigenvalue weighted by atomic mass is 9.83. The van der Waals surface area contributed by atoms with E-state index < -0.39 is 57.2 Å². The molecule has 2 heterocycles. The molecular formula is C44H31BN2O9. The lowest BCUT2D eigenvalue weighted by Crippen LogP contribution is -2.15. The van der Waals surface area contributed by atoms with Crippen molar-refractivity contribution in [3.63, 3.8) is 0 Å². The monoisotopic (exact) mass is 742 g/mol. The Balaban J connectivity index is 1.41. The Hall–Kier alpha value is -7.34. The molecule has 2 aliphatic rings. The van der Waals surface area contributed by atoms with Gasteiger partial charge in [0.15, 0.2) is 34.5 Å². The fourth-order valence-corrected chi connectivity index (χ4v) is 8.90. The molecule has 10 rings (SSSR count). The van der Waals surface area contributed by atoms with Crippen molar-refractivity contribution in [3.8, 4) is 74.0 Å². The highest BCUT2D eigenvalue weighted by Gasteiger charge is 2.32. The summed E-state index contributed by atoms with van der Waals surface area (Å²) in [6.07, 6.45) is 1.47. The van der Waals surface area contributed by atoms with Gasteiger partial charge < -0.3 is 55.8 Å². The number of benzene rings is 8. The molecule has 0 saturated heterocycles. The van der Waals surface area contributed by atoms with Crippen LogP contribution in [0.25, 0.3) is 54.6 Å². The first-order valence-corrected chi connectivity index (χ1v) is 17.9. The molecular weight excluding hydrogens is 711 g/mol. The zero-order chi connectivity index (χ0) is 38.9. The van der Waals surface area contributed by atoms with E-state index in [1.54, 1.807) is 12.1 Å².